The first kappa shape index (κ1) is 10.6. The lowest BCUT2D eigenvalue weighted by atomic mass is 10.1. The standard InChI is InChI=1S/C11H13N3O2/c1-13-7-9(8-5-3-4-6-12-8)14(2)11(16)10(13)15/h3-6,9H,7H2,1-2H3. The number of hydrogen-bond donors (Lipinski definition) is 0. The summed E-state index contributed by atoms with van der Waals surface area (Å²) < 4.78 is 0. The number of rotatable bonds is 1. The SMILES string of the molecule is CN1CC(c2ccccn2)N(C)C(=O)C1=O. The molecule has 0 saturated carbocycles. The maximum atomic E-state index is 11.6. The summed E-state index contributed by atoms with van der Waals surface area (Å²) >= 11 is 0. The molecule has 1 aromatic rings. The second kappa shape index (κ2) is 3.92. The van der Waals surface area contributed by atoms with Gasteiger partial charge in [-0.2, -0.15) is 0 Å². The summed E-state index contributed by atoms with van der Waals surface area (Å²) in [6, 6.07) is 5.40. The molecular weight excluding hydrogens is 206 g/mol. The normalized spacial score (nSPS) is 21.5. The summed E-state index contributed by atoms with van der Waals surface area (Å²) in [6.45, 7) is 0.484. The molecule has 1 atom stereocenters. The van der Waals surface area contributed by atoms with Gasteiger partial charge in [0.05, 0.1) is 11.7 Å². The molecule has 0 radical (unpaired) electrons. The van der Waals surface area contributed by atoms with Crippen molar-refractivity contribution in [1.82, 2.24) is 14.8 Å². The fourth-order valence-electron chi connectivity index (χ4n) is 1.79. The maximum Gasteiger partial charge on any atom is 0.312 e. The highest BCUT2D eigenvalue weighted by molar-refractivity contribution is 6.35. The highest BCUT2D eigenvalue weighted by Crippen LogP contribution is 2.22. The van der Waals surface area contributed by atoms with Crippen LogP contribution in [-0.2, 0) is 9.59 Å². The van der Waals surface area contributed by atoms with Crippen LogP contribution in [0.15, 0.2) is 24.4 Å². The molecule has 0 aliphatic carbocycles. The van der Waals surface area contributed by atoms with E-state index in [-0.39, 0.29) is 6.04 Å². The predicted molar refractivity (Wildman–Crippen MR) is 57.4 cm³/mol. The van der Waals surface area contributed by atoms with Crippen molar-refractivity contribution in [3.05, 3.63) is 30.1 Å². The van der Waals surface area contributed by atoms with E-state index in [9.17, 15) is 9.59 Å². The van der Waals surface area contributed by atoms with Crippen molar-refractivity contribution in [3.63, 3.8) is 0 Å². The number of aromatic nitrogens is 1. The van der Waals surface area contributed by atoms with Gasteiger partial charge in [0.2, 0.25) is 0 Å². The molecule has 2 rings (SSSR count). The van der Waals surface area contributed by atoms with Gasteiger partial charge in [0.1, 0.15) is 0 Å². The third kappa shape index (κ3) is 1.64. The predicted octanol–water partition coefficient (Wildman–Crippen LogP) is 0.0531. The molecule has 16 heavy (non-hydrogen) atoms. The Morgan fingerprint density at radius 1 is 1.25 bits per heavy atom. The molecule has 1 unspecified atom stereocenters. The van der Waals surface area contributed by atoms with Gasteiger partial charge in [0.25, 0.3) is 0 Å². The van der Waals surface area contributed by atoms with E-state index in [1.54, 1.807) is 20.3 Å². The molecule has 1 aliphatic rings. The molecule has 0 spiro atoms. The van der Waals surface area contributed by atoms with Crippen LogP contribution in [0.2, 0.25) is 0 Å². The summed E-state index contributed by atoms with van der Waals surface area (Å²) in [7, 11) is 3.26. The van der Waals surface area contributed by atoms with Crippen molar-refractivity contribution >= 4 is 11.8 Å². The van der Waals surface area contributed by atoms with Crippen LogP contribution in [0.1, 0.15) is 11.7 Å². The average Bonchev–Trinajstić information content (AvgIpc) is 2.32. The molecule has 0 N–H and O–H groups in total. The van der Waals surface area contributed by atoms with Crippen LogP contribution < -0.4 is 0 Å². The lowest BCUT2D eigenvalue weighted by Crippen LogP contribution is -2.52. The Hall–Kier alpha value is -1.91. The van der Waals surface area contributed by atoms with E-state index in [1.165, 1.54) is 9.80 Å². The third-order valence-electron chi connectivity index (χ3n) is 2.79. The molecule has 2 amide bonds. The van der Waals surface area contributed by atoms with Crippen LogP contribution in [0.5, 0.6) is 0 Å². The van der Waals surface area contributed by atoms with Crippen LogP contribution in [0, 0.1) is 0 Å². The minimum atomic E-state index is -0.482. The van der Waals surface area contributed by atoms with E-state index >= 15 is 0 Å². The number of hydrogen-bond acceptors (Lipinski definition) is 3. The van der Waals surface area contributed by atoms with E-state index in [0.29, 0.717) is 6.54 Å². The van der Waals surface area contributed by atoms with Crippen LogP contribution >= 0.6 is 0 Å². The lowest BCUT2D eigenvalue weighted by molar-refractivity contribution is -0.156. The molecule has 2 heterocycles. The number of piperazine rings is 1. The smallest absolute Gasteiger partial charge is 0.312 e. The fourth-order valence-corrected chi connectivity index (χ4v) is 1.79. The van der Waals surface area contributed by atoms with Gasteiger partial charge < -0.3 is 9.80 Å². The zero-order valence-corrected chi connectivity index (χ0v) is 9.25. The molecule has 0 aromatic carbocycles. The van der Waals surface area contributed by atoms with Gasteiger partial charge >= 0.3 is 11.8 Å². The fraction of sp³-hybridized carbons (Fsp3) is 0.364. The average molecular weight is 219 g/mol. The van der Waals surface area contributed by atoms with Gasteiger partial charge in [0.15, 0.2) is 0 Å². The third-order valence-corrected chi connectivity index (χ3v) is 2.79. The van der Waals surface area contributed by atoms with Crippen LogP contribution in [0.4, 0.5) is 0 Å². The number of amides is 2. The highest BCUT2D eigenvalue weighted by Gasteiger charge is 2.36. The Labute approximate surface area is 93.7 Å². The molecule has 5 nitrogen and oxygen atoms in total. The van der Waals surface area contributed by atoms with Gasteiger partial charge in [-0.25, -0.2) is 0 Å². The first-order valence-electron chi connectivity index (χ1n) is 5.04. The second-order valence-electron chi connectivity index (χ2n) is 3.87. The Morgan fingerprint density at radius 3 is 2.62 bits per heavy atom. The first-order valence-corrected chi connectivity index (χ1v) is 5.04. The lowest BCUT2D eigenvalue weighted by Gasteiger charge is -2.36. The van der Waals surface area contributed by atoms with Crippen molar-refractivity contribution in [2.45, 2.75) is 6.04 Å². The van der Waals surface area contributed by atoms with Crippen LogP contribution in [0.3, 0.4) is 0 Å². The minimum Gasteiger partial charge on any atom is -0.335 e. The molecule has 0 bridgehead atoms. The summed E-state index contributed by atoms with van der Waals surface area (Å²) in [5.41, 5.74) is 0.803. The molecule has 1 saturated heterocycles. The van der Waals surface area contributed by atoms with E-state index in [0.717, 1.165) is 5.69 Å². The second-order valence-corrected chi connectivity index (χ2v) is 3.87. The largest absolute Gasteiger partial charge is 0.335 e. The van der Waals surface area contributed by atoms with Crippen LogP contribution in [0.25, 0.3) is 0 Å². The molecule has 1 aliphatic heterocycles. The quantitative estimate of drug-likeness (QED) is 0.627. The minimum absolute atomic E-state index is 0.156. The van der Waals surface area contributed by atoms with E-state index in [2.05, 4.69) is 4.98 Å². The molecule has 84 valence electrons. The van der Waals surface area contributed by atoms with E-state index < -0.39 is 11.8 Å². The monoisotopic (exact) mass is 219 g/mol. The topological polar surface area (TPSA) is 53.5 Å². The molecular formula is C11H13N3O2. The van der Waals surface area contributed by atoms with Crippen molar-refractivity contribution in [2.75, 3.05) is 20.6 Å². The van der Waals surface area contributed by atoms with Gasteiger partial charge in [-0.05, 0) is 12.1 Å². The number of likely N-dealkylation sites (N-methyl/N-ethyl adjacent to an activating group) is 2. The number of carbonyl (C=O) groups excluding carboxylic acids is 2. The van der Waals surface area contributed by atoms with Crippen molar-refractivity contribution < 1.29 is 9.59 Å². The Morgan fingerprint density at radius 2 is 2.00 bits per heavy atom. The Bertz CT molecular complexity index is 418. The maximum absolute atomic E-state index is 11.6. The summed E-state index contributed by atoms with van der Waals surface area (Å²) in [6.07, 6.45) is 1.68. The van der Waals surface area contributed by atoms with Crippen molar-refractivity contribution in [2.24, 2.45) is 0 Å². The Kier molecular flexibility index (Phi) is 2.60. The van der Waals surface area contributed by atoms with E-state index in [4.69, 9.17) is 0 Å². The van der Waals surface area contributed by atoms with Crippen LogP contribution in [-0.4, -0.2) is 47.2 Å². The molecule has 1 aromatic heterocycles. The zero-order chi connectivity index (χ0) is 11.7. The number of nitrogens with zero attached hydrogens (tertiary/aromatic N) is 3. The summed E-state index contributed by atoms with van der Waals surface area (Å²) in [4.78, 5) is 30.1. The highest BCUT2D eigenvalue weighted by atomic mass is 16.2. The summed E-state index contributed by atoms with van der Waals surface area (Å²) in [5, 5.41) is 0. The number of carbonyl (C=O) groups is 2. The zero-order valence-electron chi connectivity index (χ0n) is 9.25. The summed E-state index contributed by atoms with van der Waals surface area (Å²) in [5.74, 6) is -0.945. The van der Waals surface area contributed by atoms with E-state index in [1.807, 2.05) is 18.2 Å². The van der Waals surface area contributed by atoms with Crippen molar-refractivity contribution in [1.29, 1.82) is 0 Å². The Balaban J connectivity index is 2.30. The first-order chi connectivity index (χ1) is 7.61. The van der Waals surface area contributed by atoms with Gasteiger partial charge in [-0.15, -0.1) is 0 Å². The van der Waals surface area contributed by atoms with Gasteiger partial charge in [0, 0.05) is 26.8 Å². The van der Waals surface area contributed by atoms with Gasteiger partial charge in [-0.1, -0.05) is 6.07 Å². The number of pyridine rings is 1. The molecule has 1 fully saturated rings. The van der Waals surface area contributed by atoms with Crippen molar-refractivity contribution in [3.8, 4) is 0 Å². The molecule has 5 heteroatoms. The van der Waals surface area contributed by atoms with Gasteiger partial charge in [-0.3, -0.25) is 14.6 Å².